The number of rotatable bonds is 0. The first-order valence-corrected chi connectivity index (χ1v) is 1.27. The van der Waals surface area contributed by atoms with Crippen molar-refractivity contribution in [2.24, 2.45) is 0 Å². The molecule has 0 N–H and O–H groups in total. The topological polar surface area (TPSA) is 17.1 Å². The normalized spacial score (nSPS) is 4.33. The van der Waals surface area contributed by atoms with Gasteiger partial charge >= 0.3 is 0 Å². The molecule has 0 bridgehead atoms. The number of carbonyl (C=O) groups is 1. The van der Waals surface area contributed by atoms with Crippen LogP contribution in [-0.4, -0.2) is 5.24 Å². The van der Waals surface area contributed by atoms with E-state index in [9.17, 15) is 4.79 Å². The van der Waals surface area contributed by atoms with Crippen LogP contribution in [0.25, 0.3) is 0 Å². The lowest BCUT2D eigenvalue weighted by molar-refractivity contribution is -0.109. The van der Waals surface area contributed by atoms with Gasteiger partial charge in [0, 0.05) is 6.92 Å². The van der Waals surface area contributed by atoms with Crippen molar-refractivity contribution < 1.29 is 4.79 Å². The van der Waals surface area contributed by atoms with Gasteiger partial charge in [0.25, 0.3) is 0 Å². The molecule has 0 radical (unpaired) electrons. The van der Waals surface area contributed by atoms with Crippen LogP contribution in [0.1, 0.15) is 21.8 Å². The fraction of sp³-hybridized carbons (Fsp3) is 0.750. The average Bonchev–Trinajstić information content (AvgIpc) is 0.811. The minimum absolute atomic E-state index is 0. The van der Waals surface area contributed by atoms with Crippen LogP contribution < -0.4 is 0 Å². The fourth-order valence-electron chi connectivity index (χ4n) is 0. The Morgan fingerprint density at radius 1 is 1.50 bits per heavy atom. The molecule has 0 atom stereocenters. The second kappa shape index (κ2) is 8.88. The summed E-state index contributed by atoms with van der Waals surface area (Å²) in [5.74, 6) is 0. The van der Waals surface area contributed by atoms with Crippen LogP contribution in [0.5, 0.6) is 0 Å². The van der Waals surface area contributed by atoms with Gasteiger partial charge in [-0.05, 0) is 11.6 Å². The summed E-state index contributed by atoms with van der Waals surface area (Å²) in [7, 11) is 0. The SMILES string of the molecule is C.C.CC(=O)Cl. The van der Waals surface area contributed by atoms with Crippen LogP contribution in [0, 0.1) is 0 Å². The van der Waals surface area contributed by atoms with Crippen LogP contribution in [0.15, 0.2) is 0 Å². The third-order valence-corrected chi connectivity index (χ3v) is 0. The summed E-state index contributed by atoms with van der Waals surface area (Å²) < 4.78 is 0. The molecule has 0 heterocycles. The van der Waals surface area contributed by atoms with Gasteiger partial charge in [-0.15, -0.1) is 0 Å². The maximum absolute atomic E-state index is 9.21. The quantitative estimate of drug-likeness (QED) is 0.436. The molecule has 0 aromatic carbocycles. The summed E-state index contributed by atoms with van der Waals surface area (Å²) in [6, 6.07) is 0. The molecule has 0 aliphatic rings. The van der Waals surface area contributed by atoms with E-state index in [1.54, 1.807) is 0 Å². The third-order valence-electron chi connectivity index (χ3n) is 0. The zero-order chi connectivity index (χ0) is 3.58. The van der Waals surface area contributed by atoms with Crippen molar-refractivity contribution in [3.05, 3.63) is 0 Å². The van der Waals surface area contributed by atoms with E-state index in [-0.39, 0.29) is 20.1 Å². The first-order valence-electron chi connectivity index (χ1n) is 0.893. The third kappa shape index (κ3) is 21700. The van der Waals surface area contributed by atoms with Crippen LogP contribution in [-0.2, 0) is 4.79 Å². The summed E-state index contributed by atoms with van der Waals surface area (Å²) >= 11 is 4.64. The molecule has 0 rings (SSSR count). The lowest BCUT2D eigenvalue weighted by Gasteiger charge is -1.52. The maximum atomic E-state index is 9.21. The molecule has 1 nitrogen and oxygen atoms in total. The Hall–Kier alpha value is -0.0400. The predicted molar refractivity (Wildman–Crippen MR) is 30.0 cm³/mol. The Kier molecular flexibility index (Phi) is 24.8. The zero-order valence-electron chi connectivity index (χ0n) is 2.29. The standard InChI is InChI=1S/C2H3ClO.2CH4/c1-2(3)4;;/h1H3;2*1H4. The molecule has 0 aliphatic heterocycles. The monoisotopic (exact) mass is 110 g/mol. The van der Waals surface area contributed by atoms with E-state index in [1.807, 2.05) is 0 Å². The molecular weight excluding hydrogens is 99.5 g/mol. The van der Waals surface area contributed by atoms with Crippen molar-refractivity contribution in [3.63, 3.8) is 0 Å². The lowest BCUT2D eigenvalue weighted by atomic mass is 10.9. The molecule has 0 spiro atoms. The van der Waals surface area contributed by atoms with E-state index in [2.05, 4.69) is 11.6 Å². The molecule has 40 valence electrons. The number of halogens is 1. The molecule has 0 aliphatic carbocycles. The van der Waals surface area contributed by atoms with Gasteiger partial charge in [-0.2, -0.15) is 0 Å². The maximum Gasteiger partial charge on any atom is 0.218 e. The summed E-state index contributed by atoms with van der Waals surface area (Å²) in [6.45, 7) is 1.29. The van der Waals surface area contributed by atoms with Gasteiger partial charge in [0.1, 0.15) is 0 Å². The zero-order valence-corrected chi connectivity index (χ0v) is 3.04. The minimum atomic E-state index is -0.361. The van der Waals surface area contributed by atoms with Gasteiger partial charge in [-0.1, -0.05) is 14.9 Å². The fourth-order valence-corrected chi connectivity index (χ4v) is 0. The minimum Gasteiger partial charge on any atom is -0.282 e. The molecule has 6 heavy (non-hydrogen) atoms. The highest BCUT2D eigenvalue weighted by molar-refractivity contribution is 6.62. The average molecular weight is 111 g/mol. The molecule has 0 aromatic rings. The summed E-state index contributed by atoms with van der Waals surface area (Å²) in [5, 5.41) is -0.361. The van der Waals surface area contributed by atoms with Crippen molar-refractivity contribution >= 4 is 16.8 Å². The van der Waals surface area contributed by atoms with E-state index in [0.717, 1.165) is 0 Å². The van der Waals surface area contributed by atoms with Crippen molar-refractivity contribution in [1.82, 2.24) is 0 Å². The highest BCUT2D eigenvalue weighted by Crippen LogP contribution is 1.67. The first-order chi connectivity index (χ1) is 1.73. The molecule has 0 saturated carbocycles. The molecule has 0 saturated heterocycles. The highest BCUT2D eigenvalue weighted by atomic mass is 35.5. The Bertz CT molecular complexity index is 30.5. The van der Waals surface area contributed by atoms with Gasteiger partial charge in [0.05, 0.1) is 0 Å². The number of carbonyl (C=O) groups excluding carboxylic acids is 1. The second-order valence-electron chi connectivity index (χ2n) is 0.470. The molecule has 0 aromatic heterocycles. The Morgan fingerprint density at radius 2 is 1.50 bits per heavy atom. The van der Waals surface area contributed by atoms with Crippen molar-refractivity contribution in [2.75, 3.05) is 0 Å². The molecular formula is C4H11ClO. The molecule has 0 fully saturated rings. The summed E-state index contributed by atoms with van der Waals surface area (Å²) in [6.07, 6.45) is 0. The molecule has 0 amide bonds. The van der Waals surface area contributed by atoms with E-state index in [0.29, 0.717) is 0 Å². The van der Waals surface area contributed by atoms with E-state index in [4.69, 9.17) is 0 Å². The van der Waals surface area contributed by atoms with E-state index >= 15 is 0 Å². The van der Waals surface area contributed by atoms with Crippen LogP contribution in [0.4, 0.5) is 0 Å². The second-order valence-corrected chi connectivity index (χ2v) is 1.00. The Labute approximate surface area is 44.3 Å². The van der Waals surface area contributed by atoms with Gasteiger partial charge in [-0.25, -0.2) is 0 Å². The van der Waals surface area contributed by atoms with Gasteiger partial charge in [-0.3, -0.25) is 4.79 Å². The highest BCUT2D eigenvalue weighted by Gasteiger charge is 1.67. The van der Waals surface area contributed by atoms with E-state index in [1.165, 1.54) is 6.92 Å². The largest absolute Gasteiger partial charge is 0.282 e. The van der Waals surface area contributed by atoms with Crippen LogP contribution in [0.2, 0.25) is 0 Å². The van der Waals surface area contributed by atoms with Crippen LogP contribution in [0.3, 0.4) is 0 Å². The van der Waals surface area contributed by atoms with E-state index < -0.39 is 0 Å². The number of hydrogen-bond acceptors (Lipinski definition) is 1. The first kappa shape index (κ1) is 16.7. The predicted octanol–water partition coefficient (Wildman–Crippen LogP) is 2.04. The molecule has 2 heteroatoms. The van der Waals surface area contributed by atoms with Gasteiger partial charge < -0.3 is 0 Å². The van der Waals surface area contributed by atoms with Crippen molar-refractivity contribution in [2.45, 2.75) is 21.8 Å². The smallest absolute Gasteiger partial charge is 0.218 e. The summed E-state index contributed by atoms with van der Waals surface area (Å²) in [5.41, 5.74) is 0. The van der Waals surface area contributed by atoms with Gasteiger partial charge in [0.15, 0.2) is 0 Å². The van der Waals surface area contributed by atoms with Crippen molar-refractivity contribution in [3.8, 4) is 0 Å². The molecule has 0 unspecified atom stereocenters. The Morgan fingerprint density at radius 3 is 1.50 bits per heavy atom. The van der Waals surface area contributed by atoms with Crippen molar-refractivity contribution in [1.29, 1.82) is 0 Å². The lowest BCUT2D eigenvalue weighted by Crippen LogP contribution is -1.62. The number of hydrogen-bond donors (Lipinski definition) is 0. The summed E-state index contributed by atoms with van der Waals surface area (Å²) in [4.78, 5) is 9.21. The Balaban J connectivity index is -0.0000000450. The van der Waals surface area contributed by atoms with Crippen LogP contribution >= 0.6 is 11.6 Å². The van der Waals surface area contributed by atoms with Gasteiger partial charge in [0.2, 0.25) is 5.24 Å².